The Kier molecular flexibility index (Phi) is 4.46. The van der Waals surface area contributed by atoms with Crippen LogP contribution in [0.2, 0.25) is 0 Å². The van der Waals surface area contributed by atoms with Crippen LogP contribution in [0.5, 0.6) is 0 Å². The largest absolute Gasteiger partial charge is 0.468 e. The van der Waals surface area contributed by atoms with E-state index in [2.05, 4.69) is 9.73 Å². The molecule has 8 heteroatoms. The number of hydrogen-bond acceptors (Lipinski definition) is 4. The topological polar surface area (TPSA) is 60.7 Å². The Hall–Kier alpha value is -2.09. The summed E-state index contributed by atoms with van der Waals surface area (Å²) in [5.41, 5.74) is 0.0226. The number of esters is 1. The molecule has 0 atom stereocenters. The number of nitrogens with zero attached hydrogens (tertiary/aromatic N) is 2. The standard InChI is InChI=1S/C13H12F2N2O3S/c1-3-10(18)16-13-17(6-11(19)20-2)12-8(15)4-7(14)5-9(12)21-13/h4-5H,3,6H2,1-2H3. The van der Waals surface area contributed by atoms with Gasteiger partial charge in [-0.1, -0.05) is 18.3 Å². The van der Waals surface area contributed by atoms with E-state index in [1.807, 2.05) is 0 Å². The number of aromatic nitrogens is 1. The maximum absolute atomic E-state index is 14.0. The summed E-state index contributed by atoms with van der Waals surface area (Å²) in [4.78, 5) is 26.9. The van der Waals surface area contributed by atoms with E-state index < -0.39 is 23.5 Å². The molecule has 0 radical (unpaired) electrons. The molecular weight excluding hydrogens is 302 g/mol. The van der Waals surface area contributed by atoms with Crippen molar-refractivity contribution in [1.82, 2.24) is 4.57 Å². The fraction of sp³-hybridized carbons (Fsp3) is 0.308. The molecule has 0 bridgehead atoms. The molecule has 112 valence electrons. The molecule has 0 aliphatic heterocycles. The SMILES string of the molecule is CCC(=O)N=c1sc2cc(F)cc(F)c2n1CC(=O)OC. The van der Waals surface area contributed by atoms with Crippen LogP contribution in [0.15, 0.2) is 17.1 Å². The molecule has 0 saturated carbocycles. The number of halogens is 2. The minimum Gasteiger partial charge on any atom is -0.468 e. The van der Waals surface area contributed by atoms with Crippen LogP contribution in [0.4, 0.5) is 8.78 Å². The number of ether oxygens (including phenoxy) is 1. The lowest BCUT2D eigenvalue weighted by Crippen LogP contribution is -2.22. The third-order valence-electron chi connectivity index (χ3n) is 2.73. The van der Waals surface area contributed by atoms with Crippen molar-refractivity contribution in [1.29, 1.82) is 0 Å². The maximum Gasteiger partial charge on any atom is 0.325 e. The molecule has 1 aromatic carbocycles. The van der Waals surface area contributed by atoms with Crippen molar-refractivity contribution in [2.45, 2.75) is 19.9 Å². The highest BCUT2D eigenvalue weighted by Crippen LogP contribution is 2.22. The molecule has 0 spiro atoms. The van der Waals surface area contributed by atoms with Crippen molar-refractivity contribution in [2.24, 2.45) is 4.99 Å². The molecule has 2 rings (SSSR count). The second-order valence-electron chi connectivity index (χ2n) is 4.14. The molecule has 1 heterocycles. The van der Waals surface area contributed by atoms with Gasteiger partial charge in [-0.3, -0.25) is 9.59 Å². The van der Waals surface area contributed by atoms with Gasteiger partial charge in [0.1, 0.15) is 12.4 Å². The summed E-state index contributed by atoms with van der Waals surface area (Å²) in [6.45, 7) is 1.32. The Morgan fingerprint density at radius 3 is 2.71 bits per heavy atom. The van der Waals surface area contributed by atoms with Crippen molar-refractivity contribution in [2.75, 3.05) is 7.11 Å². The molecule has 5 nitrogen and oxygen atoms in total. The van der Waals surface area contributed by atoms with Crippen molar-refractivity contribution >= 4 is 33.4 Å². The van der Waals surface area contributed by atoms with Gasteiger partial charge in [-0.25, -0.2) is 8.78 Å². The van der Waals surface area contributed by atoms with Crippen LogP contribution in [0.1, 0.15) is 13.3 Å². The number of rotatable bonds is 3. The summed E-state index contributed by atoms with van der Waals surface area (Å²) < 4.78 is 33.2. The van der Waals surface area contributed by atoms with Gasteiger partial charge in [-0.15, -0.1) is 0 Å². The van der Waals surface area contributed by atoms with E-state index in [1.165, 1.54) is 11.7 Å². The quantitative estimate of drug-likeness (QED) is 0.814. The summed E-state index contributed by atoms with van der Waals surface area (Å²) in [7, 11) is 1.20. The average molecular weight is 314 g/mol. The Morgan fingerprint density at radius 1 is 1.38 bits per heavy atom. The Balaban J connectivity index is 2.75. The molecule has 1 amide bonds. The van der Waals surface area contributed by atoms with E-state index >= 15 is 0 Å². The fourth-order valence-electron chi connectivity index (χ4n) is 1.74. The molecule has 0 saturated heterocycles. The first-order valence-electron chi connectivity index (χ1n) is 6.09. The number of carbonyl (C=O) groups excluding carboxylic acids is 2. The fourth-order valence-corrected chi connectivity index (χ4v) is 2.83. The van der Waals surface area contributed by atoms with E-state index in [0.29, 0.717) is 6.07 Å². The Labute approximate surface area is 122 Å². The van der Waals surface area contributed by atoms with Crippen LogP contribution >= 0.6 is 11.3 Å². The Morgan fingerprint density at radius 2 is 2.10 bits per heavy atom. The number of fused-ring (bicyclic) bond motifs is 1. The van der Waals surface area contributed by atoms with Gasteiger partial charge < -0.3 is 9.30 Å². The predicted octanol–water partition coefficient (Wildman–Crippen LogP) is 1.99. The maximum atomic E-state index is 14.0. The first-order chi connectivity index (χ1) is 9.96. The van der Waals surface area contributed by atoms with Gasteiger partial charge in [0.2, 0.25) is 5.91 Å². The molecule has 21 heavy (non-hydrogen) atoms. The Bertz CT molecular complexity index is 780. The lowest BCUT2D eigenvalue weighted by Gasteiger charge is -2.04. The van der Waals surface area contributed by atoms with E-state index in [0.717, 1.165) is 17.4 Å². The second-order valence-corrected chi connectivity index (χ2v) is 5.15. The molecule has 0 fully saturated rings. The van der Waals surface area contributed by atoms with Crippen LogP contribution in [0.3, 0.4) is 0 Å². The number of methoxy groups -OCH3 is 1. The predicted molar refractivity (Wildman–Crippen MR) is 72.6 cm³/mol. The average Bonchev–Trinajstić information content (AvgIpc) is 2.76. The van der Waals surface area contributed by atoms with Crippen LogP contribution in [-0.4, -0.2) is 23.6 Å². The van der Waals surface area contributed by atoms with Crippen LogP contribution in [0, 0.1) is 11.6 Å². The summed E-state index contributed by atoms with van der Waals surface area (Å²) in [6, 6.07) is 1.85. The highest BCUT2D eigenvalue weighted by molar-refractivity contribution is 7.16. The summed E-state index contributed by atoms with van der Waals surface area (Å²) in [6.07, 6.45) is 0.170. The number of benzene rings is 1. The normalized spacial score (nSPS) is 11.9. The molecule has 0 N–H and O–H groups in total. The lowest BCUT2D eigenvalue weighted by molar-refractivity contribution is -0.141. The third kappa shape index (κ3) is 3.15. The molecule has 0 aliphatic carbocycles. The summed E-state index contributed by atoms with van der Waals surface area (Å²) in [5.74, 6) is -2.60. The van der Waals surface area contributed by atoms with Crippen LogP contribution in [-0.2, 0) is 20.9 Å². The monoisotopic (exact) mass is 314 g/mol. The highest BCUT2D eigenvalue weighted by atomic mass is 32.1. The number of hydrogen-bond donors (Lipinski definition) is 0. The van der Waals surface area contributed by atoms with Crippen LogP contribution in [0.25, 0.3) is 10.2 Å². The van der Waals surface area contributed by atoms with Gasteiger partial charge in [0.05, 0.1) is 17.3 Å². The van der Waals surface area contributed by atoms with E-state index in [-0.39, 0.29) is 28.0 Å². The summed E-state index contributed by atoms with van der Waals surface area (Å²) >= 11 is 0.936. The number of thiazole rings is 1. The van der Waals surface area contributed by atoms with Gasteiger partial charge in [0.25, 0.3) is 0 Å². The van der Waals surface area contributed by atoms with E-state index in [9.17, 15) is 18.4 Å². The molecule has 2 aromatic rings. The van der Waals surface area contributed by atoms with Crippen molar-refractivity contribution in [3.63, 3.8) is 0 Å². The first-order valence-corrected chi connectivity index (χ1v) is 6.90. The van der Waals surface area contributed by atoms with Gasteiger partial charge in [0.15, 0.2) is 10.6 Å². The van der Waals surface area contributed by atoms with Gasteiger partial charge >= 0.3 is 5.97 Å². The third-order valence-corrected chi connectivity index (χ3v) is 3.76. The van der Waals surface area contributed by atoms with Crippen LogP contribution < -0.4 is 4.80 Å². The number of amides is 1. The van der Waals surface area contributed by atoms with E-state index in [4.69, 9.17) is 0 Å². The highest BCUT2D eigenvalue weighted by Gasteiger charge is 2.16. The van der Waals surface area contributed by atoms with Crippen molar-refractivity contribution in [3.8, 4) is 0 Å². The smallest absolute Gasteiger partial charge is 0.325 e. The zero-order valence-corrected chi connectivity index (χ0v) is 12.2. The van der Waals surface area contributed by atoms with Crippen molar-refractivity contribution in [3.05, 3.63) is 28.6 Å². The van der Waals surface area contributed by atoms with Gasteiger partial charge in [-0.2, -0.15) is 4.99 Å². The van der Waals surface area contributed by atoms with E-state index in [1.54, 1.807) is 6.92 Å². The molecular formula is C13H12F2N2O3S. The molecule has 0 aliphatic rings. The van der Waals surface area contributed by atoms with Gasteiger partial charge in [0, 0.05) is 12.5 Å². The lowest BCUT2D eigenvalue weighted by atomic mass is 10.3. The molecule has 0 unspecified atom stereocenters. The van der Waals surface area contributed by atoms with Crippen molar-refractivity contribution < 1.29 is 23.1 Å². The van der Waals surface area contributed by atoms with Gasteiger partial charge in [-0.05, 0) is 6.07 Å². The minimum atomic E-state index is -0.824. The first kappa shape index (κ1) is 15.3. The summed E-state index contributed by atoms with van der Waals surface area (Å²) in [5, 5.41) is 0. The second kappa shape index (κ2) is 6.13. The zero-order valence-electron chi connectivity index (χ0n) is 11.4. The number of carbonyl (C=O) groups is 2. The minimum absolute atomic E-state index is 0.0226. The zero-order chi connectivity index (χ0) is 15.6. The molecule has 1 aromatic heterocycles.